The molecule has 37 heavy (non-hydrogen) atoms. The van der Waals surface area contributed by atoms with Gasteiger partial charge >= 0.3 is 0 Å². The molecule has 0 unspecified atom stereocenters. The number of halogens is 2. The maximum atomic E-state index is 15.3. The quantitative estimate of drug-likeness (QED) is 0.289. The Morgan fingerprint density at radius 2 is 1.92 bits per heavy atom. The number of imidazole rings is 1. The van der Waals surface area contributed by atoms with E-state index >= 15 is 4.39 Å². The summed E-state index contributed by atoms with van der Waals surface area (Å²) in [4.78, 5) is 25.1. The predicted molar refractivity (Wildman–Crippen MR) is 138 cm³/mol. The van der Waals surface area contributed by atoms with Crippen LogP contribution in [0.15, 0.2) is 48.8 Å². The summed E-state index contributed by atoms with van der Waals surface area (Å²) in [6, 6.07) is 9.29. The topological polar surface area (TPSA) is 110 Å². The number of carbonyl (C=O) groups excluding carboxylic acids is 1. The van der Waals surface area contributed by atoms with Crippen LogP contribution in [0.4, 0.5) is 14.5 Å². The normalized spacial score (nSPS) is 11.9. The van der Waals surface area contributed by atoms with E-state index in [1.54, 1.807) is 19.2 Å². The summed E-state index contributed by atoms with van der Waals surface area (Å²) in [5.41, 5.74) is 2.29. The molecule has 0 atom stereocenters. The van der Waals surface area contributed by atoms with Gasteiger partial charge in [0.05, 0.1) is 28.0 Å². The Balaban J connectivity index is 1.57. The minimum absolute atomic E-state index is 0.00507. The van der Waals surface area contributed by atoms with E-state index in [0.717, 1.165) is 34.6 Å². The smallest absolute Gasteiger partial charge is 0.232 e. The molecule has 11 heteroatoms. The monoisotopic (exact) mass is 523 g/mol. The van der Waals surface area contributed by atoms with Crippen molar-refractivity contribution in [2.24, 2.45) is 7.05 Å². The van der Waals surface area contributed by atoms with Gasteiger partial charge in [-0.3, -0.25) is 9.52 Å². The second-order valence-corrected chi connectivity index (χ2v) is 10.6. The molecule has 2 aromatic carbocycles. The molecular formula is C26H23F2N5O3S. The Morgan fingerprint density at radius 3 is 2.68 bits per heavy atom. The SMILES string of the molecule is CCCS(=O)(=O)Nc1ccc(F)c(C(=O)c2c[nH]c3ncc(-c4ccc5c(c4)nc(C)n5C)cc23)c1F. The van der Waals surface area contributed by atoms with E-state index in [1.807, 2.05) is 36.7 Å². The maximum absolute atomic E-state index is 15.3. The van der Waals surface area contributed by atoms with Gasteiger partial charge in [-0.25, -0.2) is 27.2 Å². The predicted octanol–water partition coefficient (Wildman–Crippen LogP) is 5.09. The first kappa shape index (κ1) is 24.6. The molecular weight excluding hydrogens is 500 g/mol. The molecule has 0 spiro atoms. The molecule has 2 N–H and O–H groups in total. The summed E-state index contributed by atoms with van der Waals surface area (Å²) >= 11 is 0. The Labute approximate surface area is 211 Å². The number of aryl methyl sites for hydroxylation is 2. The third-order valence-electron chi connectivity index (χ3n) is 6.27. The number of nitrogens with one attached hydrogen (secondary N) is 2. The fraction of sp³-hybridized carbons (Fsp3) is 0.192. The van der Waals surface area contributed by atoms with Gasteiger partial charge in [0.25, 0.3) is 0 Å². The Kier molecular flexibility index (Phi) is 6.03. The highest BCUT2D eigenvalue weighted by atomic mass is 32.2. The van der Waals surface area contributed by atoms with E-state index in [0.29, 0.717) is 23.0 Å². The number of aromatic amines is 1. The fourth-order valence-corrected chi connectivity index (χ4v) is 5.44. The number of nitrogens with zero attached hydrogens (tertiary/aromatic N) is 3. The number of benzene rings is 2. The highest BCUT2D eigenvalue weighted by Gasteiger charge is 2.26. The number of sulfonamides is 1. The van der Waals surface area contributed by atoms with E-state index in [9.17, 15) is 17.6 Å². The summed E-state index contributed by atoms with van der Waals surface area (Å²) in [5, 5.41) is 0.371. The number of aromatic nitrogens is 4. The van der Waals surface area contributed by atoms with Crippen molar-refractivity contribution in [1.29, 1.82) is 0 Å². The van der Waals surface area contributed by atoms with Crippen LogP contribution in [0.25, 0.3) is 33.2 Å². The molecule has 5 rings (SSSR count). The molecule has 0 radical (unpaired) electrons. The molecule has 3 heterocycles. The second-order valence-electron chi connectivity index (χ2n) is 8.78. The van der Waals surface area contributed by atoms with E-state index in [1.165, 1.54) is 6.20 Å². The van der Waals surface area contributed by atoms with Crippen LogP contribution in [0.1, 0.15) is 35.1 Å². The van der Waals surface area contributed by atoms with Crippen LogP contribution >= 0.6 is 0 Å². The van der Waals surface area contributed by atoms with E-state index in [2.05, 4.69) is 19.7 Å². The van der Waals surface area contributed by atoms with E-state index in [4.69, 9.17) is 0 Å². The van der Waals surface area contributed by atoms with Crippen LogP contribution in [0.5, 0.6) is 0 Å². The lowest BCUT2D eigenvalue weighted by atomic mass is 9.99. The lowest BCUT2D eigenvalue weighted by Gasteiger charge is -2.11. The number of carbonyl (C=O) groups is 1. The van der Waals surface area contributed by atoms with Gasteiger partial charge in [0.2, 0.25) is 15.8 Å². The van der Waals surface area contributed by atoms with Crippen LogP contribution in [0.2, 0.25) is 0 Å². The zero-order valence-corrected chi connectivity index (χ0v) is 21.1. The van der Waals surface area contributed by atoms with Gasteiger partial charge in [-0.15, -0.1) is 0 Å². The van der Waals surface area contributed by atoms with Crippen molar-refractivity contribution in [2.75, 3.05) is 10.5 Å². The Morgan fingerprint density at radius 1 is 1.14 bits per heavy atom. The zero-order chi connectivity index (χ0) is 26.5. The number of anilines is 1. The molecule has 3 aromatic heterocycles. The second kappa shape index (κ2) is 9.07. The van der Waals surface area contributed by atoms with Crippen molar-refractivity contribution in [2.45, 2.75) is 20.3 Å². The number of fused-ring (bicyclic) bond motifs is 2. The van der Waals surface area contributed by atoms with Crippen LogP contribution < -0.4 is 4.72 Å². The first-order valence-electron chi connectivity index (χ1n) is 11.5. The van der Waals surface area contributed by atoms with Crippen molar-refractivity contribution in [3.05, 3.63) is 77.4 Å². The molecule has 0 saturated carbocycles. The maximum Gasteiger partial charge on any atom is 0.232 e. The number of hydrogen-bond donors (Lipinski definition) is 2. The molecule has 5 aromatic rings. The van der Waals surface area contributed by atoms with Crippen LogP contribution in [-0.2, 0) is 17.1 Å². The zero-order valence-electron chi connectivity index (χ0n) is 20.3. The summed E-state index contributed by atoms with van der Waals surface area (Å²) in [6.07, 6.45) is 3.28. The highest BCUT2D eigenvalue weighted by molar-refractivity contribution is 7.92. The average Bonchev–Trinajstić information content (AvgIpc) is 3.40. The van der Waals surface area contributed by atoms with Crippen molar-refractivity contribution in [3.8, 4) is 11.1 Å². The molecule has 0 saturated heterocycles. The van der Waals surface area contributed by atoms with Crippen LogP contribution in [-0.4, -0.2) is 39.5 Å². The number of ketones is 1. The molecule has 8 nitrogen and oxygen atoms in total. The van der Waals surface area contributed by atoms with Gasteiger partial charge in [0, 0.05) is 36.0 Å². The van der Waals surface area contributed by atoms with Gasteiger partial charge < -0.3 is 9.55 Å². The third-order valence-corrected chi connectivity index (χ3v) is 7.75. The van der Waals surface area contributed by atoms with E-state index < -0.39 is 38.7 Å². The number of hydrogen-bond acceptors (Lipinski definition) is 5. The molecule has 0 aliphatic carbocycles. The summed E-state index contributed by atoms with van der Waals surface area (Å²) < 4.78 is 58.3. The minimum atomic E-state index is -3.85. The summed E-state index contributed by atoms with van der Waals surface area (Å²) in [6.45, 7) is 3.57. The van der Waals surface area contributed by atoms with Crippen molar-refractivity contribution in [3.63, 3.8) is 0 Å². The van der Waals surface area contributed by atoms with Gasteiger partial charge in [0.1, 0.15) is 17.3 Å². The molecule has 190 valence electrons. The lowest BCUT2D eigenvalue weighted by Crippen LogP contribution is -2.18. The summed E-state index contributed by atoms with van der Waals surface area (Å²) in [7, 11) is -1.92. The Hall–Kier alpha value is -4.12. The standard InChI is InChI=1S/C26H23F2N5O3S/c1-4-9-37(35,36)32-20-7-6-19(27)23(24(20)28)25(34)18-13-30-26-17(18)10-16(12-29-26)15-5-8-22-21(11-15)31-14(2)33(22)3/h5-8,10-13,32H,4,9H2,1-3H3,(H,29,30). The van der Waals surface area contributed by atoms with Gasteiger partial charge in [-0.05, 0) is 49.2 Å². The van der Waals surface area contributed by atoms with Gasteiger partial charge in [-0.1, -0.05) is 13.0 Å². The molecule has 0 fully saturated rings. The van der Waals surface area contributed by atoms with E-state index in [-0.39, 0.29) is 11.3 Å². The first-order valence-corrected chi connectivity index (χ1v) is 13.2. The highest BCUT2D eigenvalue weighted by Crippen LogP contribution is 2.30. The third kappa shape index (κ3) is 4.35. The molecule has 0 aliphatic rings. The average molecular weight is 524 g/mol. The van der Waals surface area contributed by atoms with Crippen molar-refractivity contribution in [1.82, 2.24) is 19.5 Å². The lowest BCUT2D eigenvalue weighted by molar-refractivity contribution is 0.103. The largest absolute Gasteiger partial charge is 0.345 e. The summed E-state index contributed by atoms with van der Waals surface area (Å²) in [5.74, 6) is -2.70. The van der Waals surface area contributed by atoms with Crippen molar-refractivity contribution < 1.29 is 22.0 Å². The van der Waals surface area contributed by atoms with Gasteiger partial charge in [-0.2, -0.15) is 0 Å². The number of pyridine rings is 1. The molecule has 0 aliphatic heterocycles. The first-order chi connectivity index (χ1) is 17.6. The number of H-pyrrole nitrogens is 1. The van der Waals surface area contributed by atoms with Gasteiger partial charge in [0.15, 0.2) is 5.82 Å². The van der Waals surface area contributed by atoms with Crippen LogP contribution in [0.3, 0.4) is 0 Å². The fourth-order valence-electron chi connectivity index (χ4n) is 4.31. The van der Waals surface area contributed by atoms with Crippen molar-refractivity contribution >= 4 is 43.6 Å². The van der Waals surface area contributed by atoms with Crippen LogP contribution in [0, 0.1) is 18.6 Å². The minimum Gasteiger partial charge on any atom is -0.345 e. The number of rotatable bonds is 7. The Bertz CT molecular complexity index is 1810. The molecule has 0 bridgehead atoms. The molecule has 0 amide bonds.